The lowest BCUT2D eigenvalue weighted by Crippen LogP contribution is -2.06. The fourth-order valence-electron chi connectivity index (χ4n) is 2.40. The van der Waals surface area contributed by atoms with E-state index in [0.29, 0.717) is 11.3 Å². The first-order valence-electron chi connectivity index (χ1n) is 6.86. The van der Waals surface area contributed by atoms with Crippen LogP contribution in [0, 0.1) is 10.1 Å². The van der Waals surface area contributed by atoms with E-state index in [4.69, 9.17) is 4.74 Å². The summed E-state index contributed by atoms with van der Waals surface area (Å²) < 4.78 is 30.7. The van der Waals surface area contributed by atoms with E-state index in [2.05, 4.69) is 4.98 Å². The number of nitrogens with zero attached hydrogens (tertiary/aromatic N) is 2. The second-order valence-electron chi connectivity index (χ2n) is 4.92. The molecule has 24 heavy (non-hydrogen) atoms. The number of pyridine rings is 1. The van der Waals surface area contributed by atoms with Crippen molar-refractivity contribution in [3.63, 3.8) is 0 Å². The van der Waals surface area contributed by atoms with Crippen molar-refractivity contribution in [1.29, 1.82) is 0 Å². The summed E-state index contributed by atoms with van der Waals surface area (Å²) in [5.74, 6) is 0.492. The summed E-state index contributed by atoms with van der Waals surface area (Å²) in [7, 11) is -2.59. The average molecular weight is 344 g/mol. The number of fused-ring (bicyclic) bond motifs is 1. The molecule has 0 saturated heterocycles. The molecule has 8 heteroatoms. The maximum absolute atomic E-state index is 12.8. The van der Waals surface area contributed by atoms with E-state index in [1.165, 1.54) is 61.8 Å². The van der Waals surface area contributed by atoms with E-state index in [1.807, 2.05) is 0 Å². The van der Waals surface area contributed by atoms with Crippen molar-refractivity contribution in [3.8, 4) is 5.75 Å². The quantitative estimate of drug-likeness (QED) is 0.533. The molecule has 0 fully saturated rings. The van der Waals surface area contributed by atoms with Crippen LogP contribution in [0.5, 0.6) is 5.75 Å². The van der Waals surface area contributed by atoms with Crippen LogP contribution < -0.4 is 4.74 Å². The molecule has 0 atom stereocenters. The molecule has 0 radical (unpaired) electrons. The van der Waals surface area contributed by atoms with Crippen LogP contribution in [0.15, 0.2) is 64.5 Å². The molecule has 0 aliphatic carbocycles. The first kappa shape index (κ1) is 15.9. The van der Waals surface area contributed by atoms with Gasteiger partial charge in [-0.1, -0.05) is 0 Å². The molecule has 0 saturated carbocycles. The molecule has 7 nitrogen and oxygen atoms in total. The molecule has 0 amide bonds. The van der Waals surface area contributed by atoms with Gasteiger partial charge in [-0.2, -0.15) is 0 Å². The van der Waals surface area contributed by atoms with Crippen molar-refractivity contribution in [2.24, 2.45) is 0 Å². The zero-order valence-corrected chi connectivity index (χ0v) is 13.4. The molecule has 3 rings (SSSR count). The van der Waals surface area contributed by atoms with Crippen LogP contribution in [0.3, 0.4) is 0 Å². The highest BCUT2D eigenvalue weighted by atomic mass is 32.2. The zero-order chi connectivity index (χ0) is 17.3. The molecule has 0 unspecified atom stereocenters. The number of nitro benzene ring substituents is 1. The second-order valence-corrected chi connectivity index (χ2v) is 6.84. The third kappa shape index (κ3) is 2.56. The molecule has 3 aromatic rings. The number of methoxy groups -OCH3 is 1. The number of hydrogen-bond acceptors (Lipinski definition) is 6. The summed E-state index contributed by atoms with van der Waals surface area (Å²) >= 11 is 0. The lowest BCUT2D eigenvalue weighted by atomic mass is 10.2. The monoisotopic (exact) mass is 344 g/mol. The molecule has 0 aliphatic heterocycles. The zero-order valence-electron chi connectivity index (χ0n) is 12.5. The first-order valence-corrected chi connectivity index (χ1v) is 8.35. The maximum atomic E-state index is 12.8. The van der Waals surface area contributed by atoms with Gasteiger partial charge < -0.3 is 4.74 Å². The third-order valence-electron chi connectivity index (χ3n) is 3.56. The van der Waals surface area contributed by atoms with Gasteiger partial charge in [-0.15, -0.1) is 0 Å². The van der Waals surface area contributed by atoms with Crippen LogP contribution in [0.1, 0.15) is 0 Å². The van der Waals surface area contributed by atoms with Gasteiger partial charge in [0, 0.05) is 6.20 Å². The Bertz CT molecular complexity index is 1030. The van der Waals surface area contributed by atoms with E-state index >= 15 is 0 Å². The molecule has 122 valence electrons. The largest absolute Gasteiger partial charge is 0.497 e. The van der Waals surface area contributed by atoms with Crippen LogP contribution >= 0.6 is 0 Å². The summed E-state index contributed by atoms with van der Waals surface area (Å²) in [6, 6.07) is 11.4. The SMILES string of the molecule is COc1ccc(S(=O)(=O)c2ccc3ncccc3c2[N+](=O)[O-])cc1. The van der Waals surface area contributed by atoms with Gasteiger partial charge in [-0.25, -0.2) is 8.42 Å². The fraction of sp³-hybridized carbons (Fsp3) is 0.0625. The highest BCUT2D eigenvalue weighted by Gasteiger charge is 2.30. The number of aromatic nitrogens is 1. The Morgan fingerprint density at radius 1 is 1.08 bits per heavy atom. The predicted molar refractivity (Wildman–Crippen MR) is 86.8 cm³/mol. The molecular formula is C16H12N2O5S. The molecule has 2 aromatic carbocycles. The van der Waals surface area contributed by atoms with Crippen LogP contribution in [0.4, 0.5) is 5.69 Å². The van der Waals surface area contributed by atoms with Crippen molar-refractivity contribution in [3.05, 3.63) is 64.8 Å². The van der Waals surface area contributed by atoms with Gasteiger partial charge in [-0.3, -0.25) is 15.1 Å². The Labute approximate surface area is 137 Å². The molecular weight excluding hydrogens is 332 g/mol. The van der Waals surface area contributed by atoms with Crippen molar-refractivity contribution >= 4 is 26.4 Å². The van der Waals surface area contributed by atoms with Gasteiger partial charge in [-0.05, 0) is 48.5 Å². The molecule has 0 spiro atoms. The topological polar surface area (TPSA) is 99.4 Å². The maximum Gasteiger partial charge on any atom is 0.297 e. The summed E-state index contributed by atoms with van der Waals surface area (Å²) in [5, 5.41) is 11.7. The van der Waals surface area contributed by atoms with E-state index in [0.717, 1.165) is 0 Å². The lowest BCUT2D eigenvalue weighted by molar-refractivity contribution is -0.386. The van der Waals surface area contributed by atoms with Crippen molar-refractivity contribution < 1.29 is 18.1 Å². The Hall–Kier alpha value is -3.00. The van der Waals surface area contributed by atoms with Crippen molar-refractivity contribution in [2.45, 2.75) is 9.79 Å². The van der Waals surface area contributed by atoms with Gasteiger partial charge in [0.25, 0.3) is 5.69 Å². The number of sulfone groups is 1. The van der Waals surface area contributed by atoms with Gasteiger partial charge in [0.1, 0.15) is 10.6 Å². The predicted octanol–water partition coefficient (Wildman–Crippen LogP) is 2.98. The fourth-order valence-corrected chi connectivity index (χ4v) is 3.84. The minimum atomic E-state index is -4.06. The first-order chi connectivity index (χ1) is 11.4. The summed E-state index contributed by atoms with van der Waals surface area (Å²) in [6.07, 6.45) is 1.49. The number of benzene rings is 2. The van der Waals surface area contributed by atoms with Crippen molar-refractivity contribution in [1.82, 2.24) is 4.98 Å². The van der Waals surface area contributed by atoms with Crippen molar-refractivity contribution in [2.75, 3.05) is 7.11 Å². The number of hydrogen-bond donors (Lipinski definition) is 0. The Balaban J connectivity index is 2.27. The Morgan fingerprint density at radius 2 is 1.79 bits per heavy atom. The minimum absolute atomic E-state index is 0.0466. The van der Waals surface area contributed by atoms with Crippen LogP contribution in [-0.2, 0) is 9.84 Å². The van der Waals surface area contributed by atoms with Gasteiger partial charge in [0.15, 0.2) is 0 Å². The highest BCUT2D eigenvalue weighted by molar-refractivity contribution is 7.91. The van der Waals surface area contributed by atoms with Gasteiger partial charge >= 0.3 is 0 Å². The van der Waals surface area contributed by atoms with E-state index in [9.17, 15) is 18.5 Å². The van der Waals surface area contributed by atoms with Gasteiger partial charge in [0.2, 0.25) is 9.84 Å². The number of rotatable bonds is 4. The smallest absolute Gasteiger partial charge is 0.297 e. The molecule has 0 aliphatic rings. The third-order valence-corrected chi connectivity index (χ3v) is 5.36. The summed E-state index contributed by atoms with van der Waals surface area (Å²) in [5.41, 5.74) is -0.116. The molecule has 1 heterocycles. The molecule has 1 aromatic heterocycles. The van der Waals surface area contributed by atoms with Crippen LogP contribution in [-0.4, -0.2) is 25.4 Å². The number of nitro groups is 1. The van der Waals surface area contributed by atoms with Crippen LogP contribution in [0.25, 0.3) is 10.9 Å². The second kappa shape index (κ2) is 5.89. The molecule has 0 N–H and O–H groups in total. The normalized spacial score (nSPS) is 11.4. The van der Waals surface area contributed by atoms with Crippen LogP contribution in [0.2, 0.25) is 0 Å². The standard InChI is InChI=1S/C16H12N2O5S/c1-23-11-4-6-12(7-5-11)24(21,22)15-9-8-14-13(3-2-10-17-14)16(15)18(19)20/h2-10H,1H3. The minimum Gasteiger partial charge on any atom is -0.497 e. The Kier molecular flexibility index (Phi) is 3.90. The lowest BCUT2D eigenvalue weighted by Gasteiger charge is -2.08. The van der Waals surface area contributed by atoms with E-state index < -0.39 is 20.4 Å². The highest BCUT2D eigenvalue weighted by Crippen LogP contribution is 2.35. The summed E-state index contributed by atoms with van der Waals surface area (Å²) in [6.45, 7) is 0. The average Bonchev–Trinajstić information content (AvgIpc) is 2.60. The van der Waals surface area contributed by atoms with Gasteiger partial charge in [0.05, 0.1) is 27.8 Å². The van der Waals surface area contributed by atoms with E-state index in [1.54, 1.807) is 0 Å². The summed E-state index contributed by atoms with van der Waals surface area (Å²) in [4.78, 5) is 14.4. The van der Waals surface area contributed by atoms with E-state index in [-0.39, 0.29) is 15.2 Å². The Morgan fingerprint density at radius 3 is 2.42 bits per heavy atom. The molecule has 0 bridgehead atoms. The number of ether oxygens (including phenoxy) is 1.